The Bertz CT molecular complexity index is 586. The zero-order chi connectivity index (χ0) is 14.1. The molecule has 0 amide bonds. The van der Waals surface area contributed by atoms with Gasteiger partial charge in [-0.05, 0) is 42.5 Å². The Balaban J connectivity index is 1.59. The minimum absolute atomic E-state index is 0.653. The summed E-state index contributed by atoms with van der Waals surface area (Å²) in [5, 5.41) is 3.32. The molecule has 2 aliphatic rings. The van der Waals surface area contributed by atoms with Gasteiger partial charge in [-0.15, -0.1) is 0 Å². The number of hydrogen-bond donors (Lipinski definition) is 1. The van der Waals surface area contributed by atoms with Crippen LogP contribution in [0, 0.1) is 5.92 Å². The third kappa shape index (κ3) is 2.79. The van der Waals surface area contributed by atoms with E-state index in [0.717, 1.165) is 31.4 Å². The van der Waals surface area contributed by atoms with E-state index in [2.05, 4.69) is 58.9 Å². The number of rotatable bonds is 5. The van der Waals surface area contributed by atoms with Crippen molar-refractivity contribution in [2.45, 2.75) is 18.8 Å². The number of nitrogens with zero attached hydrogens (tertiary/aromatic N) is 2. The first-order valence-electron chi connectivity index (χ1n) is 7.89. The summed E-state index contributed by atoms with van der Waals surface area (Å²) in [7, 11) is 0. The normalized spacial score (nSPS) is 18.3. The third-order valence-corrected chi connectivity index (χ3v) is 4.51. The fraction of sp³-hybridized carbons (Fsp3) is 0.389. The first kappa shape index (κ1) is 12.8. The van der Waals surface area contributed by atoms with Crippen molar-refractivity contribution >= 4 is 11.5 Å². The van der Waals surface area contributed by atoms with Gasteiger partial charge in [-0.3, -0.25) is 0 Å². The monoisotopic (exact) mass is 279 g/mol. The molecule has 1 aromatic carbocycles. The summed E-state index contributed by atoms with van der Waals surface area (Å²) in [4.78, 5) is 7.10. The smallest absolute Gasteiger partial charge is 0.132 e. The highest BCUT2D eigenvalue weighted by Crippen LogP contribution is 2.34. The van der Waals surface area contributed by atoms with Gasteiger partial charge in [0, 0.05) is 37.4 Å². The van der Waals surface area contributed by atoms with Crippen LogP contribution in [0.3, 0.4) is 0 Å². The van der Waals surface area contributed by atoms with Crippen LogP contribution in [0.5, 0.6) is 0 Å². The van der Waals surface area contributed by atoms with E-state index in [1.807, 2.05) is 0 Å². The Kier molecular flexibility index (Phi) is 3.36. The van der Waals surface area contributed by atoms with Gasteiger partial charge in [0.15, 0.2) is 0 Å². The first-order chi connectivity index (χ1) is 10.4. The predicted octanol–water partition coefficient (Wildman–Crippen LogP) is 3.32. The van der Waals surface area contributed by atoms with Gasteiger partial charge in [-0.25, -0.2) is 4.98 Å². The highest BCUT2D eigenvalue weighted by Gasteiger charge is 2.26. The average Bonchev–Trinajstić information content (AvgIpc) is 3.29. The van der Waals surface area contributed by atoms with Gasteiger partial charge in [-0.2, -0.15) is 0 Å². The quantitative estimate of drug-likeness (QED) is 0.910. The molecule has 2 aromatic rings. The summed E-state index contributed by atoms with van der Waals surface area (Å²) in [5.74, 6) is 2.56. The number of nitrogens with one attached hydrogen (secondary N) is 1. The molecule has 21 heavy (non-hydrogen) atoms. The van der Waals surface area contributed by atoms with E-state index in [-0.39, 0.29) is 0 Å². The molecule has 0 unspecified atom stereocenters. The molecular formula is C18H21N3. The zero-order valence-electron chi connectivity index (χ0n) is 12.2. The SMILES string of the molecule is c1ccc(N(CC2CC2)c2ccc(C3CNC3)cn2)cc1. The second kappa shape index (κ2) is 5.49. The lowest BCUT2D eigenvalue weighted by molar-refractivity contribution is 0.447. The highest BCUT2D eigenvalue weighted by atomic mass is 15.2. The lowest BCUT2D eigenvalue weighted by atomic mass is 9.95. The Morgan fingerprint density at radius 3 is 2.43 bits per heavy atom. The molecule has 1 aliphatic heterocycles. The number of para-hydroxylation sites is 1. The topological polar surface area (TPSA) is 28.2 Å². The van der Waals surface area contributed by atoms with Gasteiger partial charge in [-0.1, -0.05) is 24.3 Å². The van der Waals surface area contributed by atoms with Crippen molar-refractivity contribution < 1.29 is 0 Å². The predicted molar refractivity (Wildman–Crippen MR) is 86.0 cm³/mol. The van der Waals surface area contributed by atoms with Crippen LogP contribution >= 0.6 is 0 Å². The maximum absolute atomic E-state index is 4.74. The van der Waals surface area contributed by atoms with Crippen LogP contribution in [0.4, 0.5) is 11.5 Å². The molecule has 1 aliphatic carbocycles. The van der Waals surface area contributed by atoms with Crippen molar-refractivity contribution in [3.63, 3.8) is 0 Å². The van der Waals surface area contributed by atoms with Crippen molar-refractivity contribution in [2.24, 2.45) is 5.92 Å². The van der Waals surface area contributed by atoms with Crippen LogP contribution in [0.2, 0.25) is 0 Å². The highest BCUT2D eigenvalue weighted by molar-refractivity contribution is 5.60. The maximum Gasteiger partial charge on any atom is 0.132 e. The van der Waals surface area contributed by atoms with E-state index in [1.54, 1.807) is 0 Å². The number of aromatic nitrogens is 1. The molecule has 3 nitrogen and oxygen atoms in total. The number of pyridine rings is 1. The fourth-order valence-electron chi connectivity index (χ4n) is 2.82. The molecule has 3 heteroatoms. The van der Waals surface area contributed by atoms with E-state index < -0.39 is 0 Å². The summed E-state index contributed by atoms with van der Waals surface area (Å²) in [6.07, 6.45) is 4.77. The molecule has 1 saturated carbocycles. The number of anilines is 2. The van der Waals surface area contributed by atoms with Crippen LogP contribution in [-0.2, 0) is 0 Å². The van der Waals surface area contributed by atoms with Crippen molar-refractivity contribution in [2.75, 3.05) is 24.5 Å². The molecule has 0 spiro atoms. The van der Waals surface area contributed by atoms with Crippen LogP contribution in [0.1, 0.15) is 24.3 Å². The Morgan fingerprint density at radius 1 is 1.05 bits per heavy atom. The standard InChI is InChI=1S/C18H21N3/c1-2-4-17(5-3-1)21(13-14-6-7-14)18-9-8-15(12-20-18)16-10-19-11-16/h1-5,8-9,12,14,16,19H,6-7,10-11,13H2. The Labute approximate surface area is 126 Å². The third-order valence-electron chi connectivity index (χ3n) is 4.51. The molecule has 0 radical (unpaired) electrons. The zero-order valence-corrected chi connectivity index (χ0v) is 12.2. The summed E-state index contributed by atoms with van der Waals surface area (Å²) in [6, 6.07) is 15.0. The molecule has 1 N–H and O–H groups in total. The Morgan fingerprint density at radius 2 is 1.86 bits per heavy atom. The van der Waals surface area contributed by atoms with E-state index in [4.69, 9.17) is 4.98 Å². The molecule has 0 atom stereocenters. The van der Waals surface area contributed by atoms with Crippen molar-refractivity contribution in [3.05, 3.63) is 54.2 Å². The minimum Gasteiger partial charge on any atom is -0.326 e. The van der Waals surface area contributed by atoms with Crippen molar-refractivity contribution in [1.82, 2.24) is 10.3 Å². The van der Waals surface area contributed by atoms with Gasteiger partial charge < -0.3 is 10.2 Å². The molecular weight excluding hydrogens is 258 g/mol. The van der Waals surface area contributed by atoms with Crippen LogP contribution in [0.25, 0.3) is 0 Å². The largest absolute Gasteiger partial charge is 0.326 e. The second-order valence-electron chi connectivity index (χ2n) is 6.19. The number of hydrogen-bond acceptors (Lipinski definition) is 3. The first-order valence-corrected chi connectivity index (χ1v) is 7.89. The van der Waals surface area contributed by atoms with Crippen LogP contribution in [-0.4, -0.2) is 24.6 Å². The van der Waals surface area contributed by atoms with Gasteiger partial charge in [0.25, 0.3) is 0 Å². The maximum atomic E-state index is 4.74. The fourth-order valence-corrected chi connectivity index (χ4v) is 2.82. The summed E-state index contributed by atoms with van der Waals surface area (Å²) >= 11 is 0. The molecule has 4 rings (SSSR count). The van der Waals surface area contributed by atoms with E-state index in [0.29, 0.717) is 5.92 Å². The van der Waals surface area contributed by atoms with Gasteiger partial charge in [0.05, 0.1) is 0 Å². The minimum atomic E-state index is 0.653. The molecule has 108 valence electrons. The lowest BCUT2D eigenvalue weighted by Crippen LogP contribution is -2.39. The summed E-state index contributed by atoms with van der Waals surface area (Å²) < 4.78 is 0. The van der Waals surface area contributed by atoms with Crippen molar-refractivity contribution in [3.8, 4) is 0 Å². The van der Waals surface area contributed by atoms with Crippen LogP contribution in [0.15, 0.2) is 48.7 Å². The van der Waals surface area contributed by atoms with E-state index >= 15 is 0 Å². The molecule has 0 bridgehead atoms. The van der Waals surface area contributed by atoms with Crippen molar-refractivity contribution in [1.29, 1.82) is 0 Å². The molecule has 1 aromatic heterocycles. The van der Waals surface area contributed by atoms with E-state index in [9.17, 15) is 0 Å². The molecule has 2 heterocycles. The summed E-state index contributed by atoms with van der Waals surface area (Å²) in [5.41, 5.74) is 2.60. The lowest BCUT2D eigenvalue weighted by Gasteiger charge is -2.28. The molecule has 1 saturated heterocycles. The van der Waals surface area contributed by atoms with Gasteiger partial charge in [0.1, 0.15) is 5.82 Å². The number of benzene rings is 1. The average molecular weight is 279 g/mol. The van der Waals surface area contributed by atoms with Gasteiger partial charge in [0.2, 0.25) is 0 Å². The van der Waals surface area contributed by atoms with E-state index in [1.165, 1.54) is 24.1 Å². The summed E-state index contributed by atoms with van der Waals surface area (Å²) in [6.45, 7) is 3.26. The Hall–Kier alpha value is -1.87. The second-order valence-corrected chi connectivity index (χ2v) is 6.19. The molecule has 2 fully saturated rings. The van der Waals surface area contributed by atoms with Gasteiger partial charge >= 0.3 is 0 Å². The van der Waals surface area contributed by atoms with Crippen LogP contribution < -0.4 is 10.2 Å².